The second-order valence-electron chi connectivity index (χ2n) is 5.07. The van der Waals surface area contributed by atoms with Crippen molar-refractivity contribution in [3.63, 3.8) is 0 Å². The molecule has 0 bridgehead atoms. The van der Waals surface area contributed by atoms with E-state index in [1.807, 2.05) is 18.2 Å². The minimum absolute atomic E-state index is 0.0462. The predicted molar refractivity (Wildman–Crippen MR) is 77.0 cm³/mol. The van der Waals surface area contributed by atoms with E-state index in [1.54, 1.807) is 14.2 Å². The number of methoxy groups -OCH3 is 2. The van der Waals surface area contributed by atoms with E-state index < -0.39 is 0 Å². The first kappa shape index (κ1) is 14.7. The molecule has 1 aliphatic rings. The van der Waals surface area contributed by atoms with Crippen molar-refractivity contribution in [3.05, 3.63) is 23.8 Å². The van der Waals surface area contributed by atoms with Crippen molar-refractivity contribution in [3.8, 4) is 11.5 Å². The Morgan fingerprint density at radius 3 is 2.40 bits per heavy atom. The molecule has 0 heterocycles. The van der Waals surface area contributed by atoms with Crippen LogP contribution in [-0.2, 0) is 11.2 Å². The summed E-state index contributed by atoms with van der Waals surface area (Å²) in [5.74, 6) is 1.82. The molecule has 0 saturated heterocycles. The summed E-state index contributed by atoms with van der Waals surface area (Å²) in [7, 11) is 3.17. The molecule has 110 valence electrons. The summed E-state index contributed by atoms with van der Waals surface area (Å²) in [5.41, 5.74) is 6.47. The number of hydrogen-bond donors (Lipinski definition) is 2. The number of nitrogens with one attached hydrogen (secondary N) is 1. The smallest absolute Gasteiger partial charge is 0.224 e. The largest absolute Gasteiger partial charge is 0.496 e. The monoisotopic (exact) mass is 278 g/mol. The molecule has 1 aromatic carbocycles. The molecular weight excluding hydrogens is 256 g/mol. The van der Waals surface area contributed by atoms with Gasteiger partial charge in [0.1, 0.15) is 11.5 Å². The Bertz CT molecular complexity index is 450. The fourth-order valence-electron chi connectivity index (χ4n) is 2.39. The Labute approximate surface area is 119 Å². The van der Waals surface area contributed by atoms with Crippen molar-refractivity contribution in [1.29, 1.82) is 0 Å². The molecule has 1 unspecified atom stereocenters. The topological polar surface area (TPSA) is 73.6 Å². The highest BCUT2D eigenvalue weighted by Gasteiger charge is 2.31. The zero-order valence-electron chi connectivity index (χ0n) is 12.0. The SMILES string of the molecule is COc1cccc(OC)c1CC(=O)NC(CN)C1CC1. The third-order valence-electron chi connectivity index (χ3n) is 3.66. The van der Waals surface area contributed by atoms with E-state index in [0.29, 0.717) is 24.0 Å². The summed E-state index contributed by atoms with van der Waals surface area (Å²) in [4.78, 5) is 12.2. The number of carbonyl (C=O) groups excluding carboxylic acids is 1. The number of nitrogens with two attached hydrogens (primary N) is 1. The molecule has 5 heteroatoms. The highest BCUT2D eigenvalue weighted by atomic mass is 16.5. The Morgan fingerprint density at radius 1 is 1.35 bits per heavy atom. The van der Waals surface area contributed by atoms with Crippen LogP contribution in [0.5, 0.6) is 11.5 Å². The number of hydrogen-bond acceptors (Lipinski definition) is 4. The second-order valence-corrected chi connectivity index (χ2v) is 5.07. The van der Waals surface area contributed by atoms with Gasteiger partial charge in [0, 0.05) is 18.2 Å². The van der Waals surface area contributed by atoms with Crippen molar-refractivity contribution < 1.29 is 14.3 Å². The van der Waals surface area contributed by atoms with Gasteiger partial charge in [0.25, 0.3) is 0 Å². The summed E-state index contributed by atoms with van der Waals surface area (Å²) in [6, 6.07) is 5.58. The number of benzene rings is 1. The summed E-state index contributed by atoms with van der Waals surface area (Å²) in [6.07, 6.45) is 2.54. The fourth-order valence-corrected chi connectivity index (χ4v) is 2.39. The number of ether oxygens (including phenoxy) is 2. The van der Waals surface area contributed by atoms with E-state index >= 15 is 0 Å². The molecular formula is C15H22N2O3. The quantitative estimate of drug-likeness (QED) is 0.783. The molecule has 2 rings (SSSR count). The lowest BCUT2D eigenvalue weighted by atomic mass is 10.1. The van der Waals surface area contributed by atoms with E-state index in [9.17, 15) is 4.79 Å². The van der Waals surface area contributed by atoms with Gasteiger partial charge in [0.15, 0.2) is 0 Å². The van der Waals surface area contributed by atoms with Crippen LogP contribution in [0, 0.1) is 5.92 Å². The third-order valence-corrected chi connectivity index (χ3v) is 3.66. The van der Waals surface area contributed by atoms with Gasteiger partial charge in [-0.3, -0.25) is 4.79 Å². The van der Waals surface area contributed by atoms with Gasteiger partial charge in [-0.15, -0.1) is 0 Å². The van der Waals surface area contributed by atoms with Gasteiger partial charge in [-0.2, -0.15) is 0 Å². The highest BCUT2D eigenvalue weighted by molar-refractivity contribution is 5.80. The van der Waals surface area contributed by atoms with Crippen molar-refractivity contribution in [2.75, 3.05) is 20.8 Å². The maximum Gasteiger partial charge on any atom is 0.224 e. The Morgan fingerprint density at radius 2 is 1.95 bits per heavy atom. The van der Waals surface area contributed by atoms with Gasteiger partial charge in [-0.25, -0.2) is 0 Å². The molecule has 1 atom stereocenters. The number of amides is 1. The average Bonchev–Trinajstić information content (AvgIpc) is 3.29. The Kier molecular flexibility index (Phi) is 4.84. The molecule has 3 N–H and O–H groups in total. The van der Waals surface area contributed by atoms with Crippen LogP contribution in [0.2, 0.25) is 0 Å². The second kappa shape index (κ2) is 6.61. The van der Waals surface area contributed by atoms with Crippen LogP contribution in [0.25, 0.3) is 0 Å². The molecule has 1 aliphatic carbocycles. The number of carbonyl (C=O) groups is 1. The molecule has 0 aliphatic heterocycles. The van der Waals surface area contributed by atoms with E-state index in [-0.39, 0.29) is 18.4 Å². The van der Waals surface area contributed by atoms with E-state index in [1.165, 1.54) is 0 Å². The maximum absolute atomic E-state index is 12.2. The van der Waals surface area contributed by atoms with Crippen LogP contribution in [0.3, 0.4) is 0 Å². The zero-order valence-corrected chi connectivity index (χ0v) is 12.0. The Balaban J connectivity index is 2.06. The van der Waals surface area contributed by atoms with Crippen LogP contribution < -0.4 is 20.5 Å². The van der Waals surface area contributed by atoms with Crippen LogP contribution in [0.1, 0.15) is 18.4 Å². The first-order chi connectivity index (χ1) is 9.69. The molecule has 0 radical (unpaired) electrons. The van der Waals surface area contributed by atoms with Crippen LogP contribution in [0.4, 0.5) is 0 Å². The van der Waals surface area contributed by atoms with Gasteiger partial charge < -0.3 is 20.5 Å². The standard InChI is InChI=1S/C15H22N2O3/c1-19-13-4-3-5-14(20-2)11(13)8-15(18)17-12(9-16)10-6-7-10/h3-5,10,12H,6-9,16H2,1-2H3,(H,17,18). The van der Waals surface area contributed by atoms with Crippen molar-refractivity contribution in [1.82, 2.24) is 5.32 Å². The summed E-state index contributed by atoms with van der Waals surface area (Å²) in [5, 5.41) is 3.00. The maximum atomic E-state index is 12.2. The predicted octanol–water partition coefficient (Wildman–Crippen LogP) is 1.10. The minimum atomic E-state index is -0.0462. The fraction of sp³-hybridized carbons (Fsp3) is 0.533. The molecule has 1 amide bonds. The van der Waals surface area contributed by atoms with Crippen LogP contribution in [-0.4, -0.2) is 32.7 Å². The lowest BCUT2D eigenvalue weighted by Gasteiger charge is -2.17. The van der Waals surface area contributed by atoms with Gasteiger partial charge in [-0.1, -0.05) is 6.07 Å². The van der Waals surface area contributed by atoms with Gasteiger partial charge in [-0.05, 0) is 30.9 Å². The first-order valence-corrected chi connectivity index (χ1v) is 6.88. The summed E-state index contributed by atoms with van der Waals surface area (Å²) < 4.78 is 10.6. The molecule has 1 saturated carbocycles. The van der Waals surface area contributed by atoms with Gasteiger partial charge in [0.05, 0.1) is 20.6 Å². The highest BCUT2D eigenvalue weighted by Crippen LogP contribution is 2.32. The van der Waals surface area contributed by atoms with Gasteiger partial charge in [0.2, 0.25) is 5.91 Å². The first-order valence-electron chi connectivity index (χ1n) is 6.88. The molecule has 0 aromatic heterocycles. The van der Waals surface area contributed by atoms with E-state index in [0.717, 1.165) is 18.4 Å². The molecule has 1 fully saturated rings. The molecule has 5 nitrogen and oxygen atoms in total. The average molecular weight is 278 g/mol. The normalized spacial score (nSPS) is 15.6. The summed E-state index contributed by atoms with van der Waals surface area (Å²) in [6.45, 7) is 0.486. The summed E-state index contributed by atoms with van der Waals surface area (Å²) >= 11 is 0. The van der Waals surface area contributed by atoms with Crippen LogP contribution >= 0.6 is 0 Å². The Hall–Kier alpha value is -1.75. The molecule has 1 aromatic rings. The zero-order chi connectivity index (χ0) is 14.5. The van der Waals surface area contributed by atoms with Crippen molar-refractivity contribution >= 4 is 5.91 Å². The minimum Gasteiger partial charge on any atom is -0.496 e. The third kappa shape index (κ3) is 3.42. The molecule has 20 heavy (non-hydrogen) atoms. The molecule has 0 spiro atoms. The lowest BCUT2D eigenvalue weighted by Crippen LogP contribution is -2.42. The van der Waals surface area contributed by atoms with Gasteiger partial charge >= 0.3 is 0 Å². The van der Waals surface area contributed by atoms with Crippen molar-refractivity contribution in [2.45, 2.75) is 25.3 Å². The van der Waals surface area contributed by atoms with E-state index in [2.05, 4.69) is 5.32 Å². The van der Waals surface area contributed by atoms with Crippen molar-refractivity contribution in [2.24, 2.45) is 11.7 Å². The lowest BCUT2D eigenvalue weighted by molar-refractivity contribution is -0.121. The van der Waals surface area contributed by atoms with E-state index in [4.69, 9.17) is 15.2 Å². The number of rotatable bonds is 7. The van der Waals surface area contributed by atoms with Crippen LogP contribution in [0.15, 0.2) is 18.2 Å².